The minimum absolute atomic E-state index is 0.0101. The van der Waals surface area contributed by atoms with Crippen LogP contribution in [0.3, 0.4) is 0 Å². The molecule has 0 radical (unpaired) electrons. The number of halogens is 1. The Morgan fingerprint density at radius 3 is 2.69 bits per heavy atom. The molecule has 9 heteroatoms. The van der Waals surface area contributed by atoms with Gasteiger partial charge in [-0.1, -0.05) is 6.07 Å². The van der Waals surface area contributed by atoms with Gasteiger partial charge in [0.2, 0.25) is 5.95 Å². The molecule has 1 amide bonds. The van der Waals surface area contributed by atoms with Gasteiger partial charge in [0.15, 0.2) is 0 Å². The first-order valence-corrected chi connectivity index (χ1v) is 10.0. The van der Waals surface area contributed by atoms with Gasteiger partial charge in [-0.25, -0.2) is 9.29 Å². The summed E-state index contributed by atoms with van der Waals surface area (Å²) in [6.07, 6.45) is 4.60. The van der Waals surface area contributed by atoms with Crippen LogP contribution in [0.25, 0.3) is 0 Å². The van der Waals surface area contributed by atoms with E-state index in [-0.39, 0.29) is 24.0 Å². The van der Waals surface area contributed by atoms with Crippen molar-refractivity contribution in [1.82, 2.24) is 9.29 Å². The van der Waals surface area contributed by atoms with Crippen LogP contribution >= 0.6 is 0 Å². The Balaban J connectivity index is 1.63. The van der Waals surface area contributed by atoms with E-state index in [1.807, 2.05) is 0 Å². The number of amides is 1. The minimum atomic E-state index is -3.96. The number of hydrogen-bond acceptors (Lipinski definition) is 4. The van der Waals surface area contributed by atoms with Gasteiger partial charge in [-0.2, -0.15) is 12.8 Å². The Morgan fingerprint density at radius 2 is 2.04 bits per heavy atom. The molecule has 2 saturated carbocycles. The number of likely N-dealkylation sites (N-methyl/N-ethyl adjacent to an activating group) is 1. The zero-order valence-electron chi connectivity index (χ0n) is 14.2. The lowest BCUT2D eigenvalue weighted by Crippen LogP contribution is -2.39. The summed E-state index contributed by atoms with van der Waals surface area (Å²) in [6.45, 7) is 1.70. The van der Waals surface area contributed by atoms with Crippen molar-refractivity contribution >= 4 is 27.6 Å². The lowest BCUT2D eigenvalue weighted by atomic mass is 9.96. The molecule has 2 fully saturated rings. The zero-order chi connectivity index (χ0) is 18.5. The van der Waals surface area contributed by atoms with Gasteiger partial charge in [0, 0.05) is 12.5 Å². The molecule has 2 aliphatic carbocycles. The maximum Gasteiger partial charge on any atom is 0.345 e. The lowest BCUT2D eigenvalue weighted by molar-refractivity contribution is -0.113. The van der Waals surface area contributed by atoms with E-state index in [9.17, 15) is 17.6 Å². The van der Waals surface area contributed by atoms with Crippen molar-refractivity contribution in [3.8, 4) is 0 Å². The molecule has 2 heterocycles. The first kappa shape index (κ1) is 17.1. The van der Waals surface area contributed by atoms with Crippen LogP contribution in [0.2, 0.25) is 0 Å². The fraction of sp³-hybridized carbons (Fsp3) is 0.471. The normalized spacial score (nSPS) is 28.8. The van der Waals surface area contributed by atoms with E-state index in [4.69, 9.17) is 0 Å². The minimum Gasteiger partial charge on any atom is -0.305 e. The third-order valence-electron chi connectivity index (χ3n) is 5.19. The van der Waals surface area contributed by atoms with E-state index in [0.717, 1.165) is 23.2 Å². The number of aromatic nitrogens is 1. The number of rotatable bonds is 4. The number of fused-ring (bicyclic) bond motifs is 1. The quantitative estimate of drug-likeness (QED) is 0.813. The molecular formula is C17H19FN4O3S. The van der Waals surface area contributed by atoms with Crippen LogP contribution in [0.15, 0.2) is 34.4 Å². The van der Waals surface area contributed by atoms with Crippen molar-refractivity contribution in [2.45, 2.75) is 26.2 Å². The Bertz CT molecular complexity index is 918. The highest BCUT2D eigenvalue weighted by Crippen LogP contribution is 2.55. The first-order valence-electron chi connectivity index (χ1n) is 8.65. The fourth-order valence-electron chi connectivity index (χ4n) is 3.86. The van der Waals surface area contributed by atoms with Crippen LogP contribution in [0.5, 0.6) is 0 Å². The van der Waals surface area contributed by atoms with Gasteiger partial charge in [-0.3, -0.25) is 4.79 Å². The van der Waals surface area contributed by atoms with E-state index >= 15 is 0 Å². The van der Waals surface area contributed by atoms with Crippen LogP contribution in [0.1, 0.15) is 26.2 Å². The van der Waals surface area contributed by atoms with Crippen molar-refractivity contribution in [1.29, 1.82) is 0 Å². The summed E-state index contributed by atoms with van der Waals surface area (Å²) < 4.78 is 43.2. The smallest absolute Gasteiger partial charge is 0.305 e. The summed E-state index contributed by atoms with van der Waals surface area (Å²) in [5.41, 5.74) is 0.434. The molecule has 0 bridgehead atoms. The van der Waals surface area contributed by atoms with Gasteiger partial charge < -0.3 is 5.32 Å². The summed E-state index contributed by atoms with van der Waals surface area (Å²) in [6, 6.07) is 4.02. The number of allylic oxidation sites excluding steroid dienone is 1. The molecule has 3 atom stereocenters. The number of hydrogen-bond donors (Lipinski definition) is 1. The Hall–Kier alpha value is -2.29. The molecule has 26 heavy (non-hydrogen) atoms. The van der Waals surface area contributed by atoms with E-state index < -0.39 is 22.1 Å². The van der Waals surface area contributed by atoms with Crippen molar-refractivity contribution < 1.29 is 17.6 Å². The van der Waals surface area contributed by atoms with Gasteiger partial charge in [-0.15, -0.1) is 4.40 Å². The highest BCUT2D eigenvalue weighted by Gasteiger charge is 2.48. The van der Waals surface area contributed by atoms with Crippen molar-refractivity contribution in [3.63, 3.8) is 0 Å². The molecule has 0 spiro atoms. The number of anilines is 1. The summed E-state index contributed by atoms with van der Waals surface area (Å²) in [5, 5.41) is 2.46. The molecule has 0 saturated heterocycles. The second kappa shape index (κ2) is 6.15. The van der Waals surface area contributed by atoms with Crippen molar-refractivity contribution in [2.75, 3.05) is 11.9 Å². The number of pyridine rings is 1. The summed E-state index contributed by atoms with van der Waals surface area (Å²) in [4.78, 5) is 16.2. The Labute approximate surface area is 151 Å². The van der Waals surface area contributed by atoms with Crippen molar-refractivity contribution in [3.05, 3.63) is 35.9 Å². The fourth-order valence-corrected chi connectivity index (χ4v) is 5.14. The van der Waals surface area contributed by atoms with Gasteiger partial charge in [0.1, 0.15) is 11.5 Å². The van der Waals surface area contributed by atoms with Gasteiger partial charge >= 0.3 is 10.2 Å². The van der Waals surface area contributed by atoms with Gasteiger partial charge in [-0.05, 0) is 56.2 Å². The zero-order valence-corrected chi connectivity index (χ0v) is 15.0. The van der Waals surface area contributed by atoms with Crippen molar-refractivity contribution in [2.24, 2.45) is 22.2 Å². The highest BCUT2D eigenvalue weighted by atomic mass is 32.2. The maximum atomic E-state index is 13.2. The number of carbonyl (C=O) groups is 1. The van der Waals surface area contributed by atoms with E-state index in [1.165, 1.54) is 18.6 Å². The molecule has 4 rings (SSSR count). The molecule has 7 nitrogen and oxygen atoms in total. The summed E-state index contributed by atoms with van der Waals surface area (Å²) in [7, 11) is -3.96. The molecular weight excluding hydrogens is 359 g/mol. The third-order valence-corrected chi connectivity index (χ3v) is 6.64. The maximum absolute atomic E-state index is 13.2. The van der Waals surface area contributed by atoms with Gasteiger partial charge in [0.05, 0.1) is 5.71 Å². The molecule has 1 N–H and O–H groups in total. The van der Waals surface area contributed by atoms with E-state index in [1.54, 1.807) is 13.0 Å². The third kappa shape index (κ3) is 3.11. The predicted octanol–water partition coefficient (Wildman–Crippen LogP) is 2.11. The molecule has 1 aliphatic heterocycles. The molecule has 1 aromatic heterocycles. The van der Waals surface area contributed by atoms with E-state index in [2.05, 4.69) is 14.7 Å². The highest BCUT2D eigenvalue weighted by molar-refractivity contribution is 7.88. The van der Waals surface area contributed by atoms with Crippen LogP contribution in [0.4, 0.5) is 10.2 Å². The average molecular weight is 378 g/mol. The molecule has 138 valence electrons. The lowest BCUT2D eigenvalue weighted by Gasteiger charge is -2.27. The predicted molar refractivity (Wildman–Crippen MR) is 94.0 cm³/mol. The monoisotopic (exact) mass is 378 g/mol. The second-order valence-corrected chi connectivity index (χ2v) is 8.43. The van der Waals surface area contributed by atoms with Crippen LogP contribution in [-0.4, -0.2) is 35.9 Å². The largest absolute Gasteiger partial charge is 0.345 e. The Kier molecular flexibility index (Phi) is 4.06. The van der Waals surface area contributed by atoms with Crippen LogP contribution < -0.4 is 5.32 Å². The van der Waals surface area contributed by atoms with Gasteiger partial charge in [0.25, 0.3) is 5.91 Å². The molecule has 0 aromatic carbocycles. The molecule has 3 aliphatic rings. The molecule has 2 unspecified atom stereocenters. The Morgan fingerprint density at radius 1 is 1.31 bits per heavy atom. The van der Waals surface area contributed by atoms with E-state index in [0.29, 0.717) is 17.5 Å². The topological polar surface area (TPSA) is 91.7 Å². The van der Waals surface area contributed by atoms with Crippen LogP contribution in [-0.2, 0) is 15.0 Å². The van der Waals surface area contributed by atoms with Crippen LogP contribution in [0, 0.1) is 23.7 Å². The molecule has 1 aromatic rings. The number of nitrogens with one attached hydrogen (secondary N) is 1. The summed E-state index contributed by atoms with van der Waals surface area (Å²) >= 11 is 0. The average Bonchev–Trinajstić information content (AvgIpc) is 3.19. The standard InChI is InChI=1S/C17H19FN4O3S/c1-2-22-14(17(23)20-16-5-3-4-15(18)19-16)9-13(21-26(22,24)25)12-7-10-6-11(10)8-12/h3-5,9-12H,2,6-8H2,1H3,(H,19,20,23)/t10-,11?,12?/m1/s1. The number of nitrogens with zero attached hydrogens (tertiary/aromatic N) is 3. The second-order valence-electron chi connectivity index (χ2n) is 6.91. The summed E-state index contributed by atoms with van der Waals surface area (Å²) in [5.74, 6) is 0.0450. The SMILES string of the molecule is CCN1C(C(=O)Nc2cccc(F)n2)=CC(C2CC3C[C@@H]3C2)=NS1(=O)=O. The number of carbonyl (C=O) groups excluding carboxylic acids is 1. The first-order chi connectivity index (χ1) is 12.4.